The zero-order valence-corrected chi connectivity index (χ0v) is 12.4. The lowest BCUT2D eigenvalue weighted by Crippen LogP contribution is -1.97. The van der Waals surface area contributed by atoms with E-state index in [9.17, 15) is 13.2 Å². The summed E-state index contributed by atoms with van der Waals surface area (Å²) in [5.41, 5.74) is 3.32. The van der Waals surface area contributed by atoms with Gasteiger partial charge < -0.3 is 5.32 Å². The molecule has 1 nitrogen and oxygen atoms in total. The van der Waals surface area contributed by atoms with Crippen molar-refractivity contribution in [2.24, 2.45) is 0 Å². The van der Waals surface area contributed by atoms with E-state index in [4.69, 9.17) is 0 Å². The molecule has 116 valence electrons. The molecule has 0 amide bonds. The highest BCUT2D eigenvalue weighted by Gasteiger charge is 2.13. The first-order valence-electron chi connectivity index (χ1n) is 7.11. The van der Waals surface area contributed by atoms with E-state index in [-0.39, 0.29) is 11.6 Å². The summed E-state index contributed by atoms with van der Waals surface area (Å²) in [5.74, 6) is -1.12. The van der Waals surface area contributed by atoms with Crippen LogP contribution in [0.4, 0.5) is 18.9 Å². The fourth-order valence-electron chi connectivity index (χ4n) is 2.59. The fraction of sp³-hybridized carbons (Fsp3) is 0.0526. The van der Waals surface area contributed by atoms with Crippen molar-refractivity contribution in [2.45, 2.75) is 0 Å². The third-order valence-electron chi connectivity index (χ3n) is 3.66. The van der Waals surface area contributed by atoms with Crippen molar-refractivity contribution in [1.29, 1.82) is 0 Å². The first-order chi connectivity index (χ1) is 11.1. The van der Waals surface area contributed by atoms with Crippen LogP contribution in [0.5, 0.6) is 0 Å². The van der Waals surface area contributed by atoms with Crippen molar-refractivity contribution in [3.8, 4) is 22.3 Å². The summed E-state index contributed by atoms with van der Waals surface area (Å²) < 4.78 is 40.3. The van der Waals surface area contributed by atoms with Crippen LogP contribution in [0, 0.1) is 17.5 Å². The summed E-state index contributed by atoms with van der Waals surface area (Å²) in [7, 11) is 1.73. The third kappa shape index (κ3) is 3.06. The van der Waals surface area contributed by atoms with E-state index in [0.717, 1.165) is 0 Å². The molecule has 0 aliphatic rings. The second-order valence-corrected chi connectivity index (χ2v) is 5.14. The van der Waals surface area contributed by atoms with Crippen molar-refractivity contribution < 1.29 is 13.2 Å². The first kappa shape index (κ1) is 15.2. The summed E-state index contributed by atoms with van der Waals surface area (Å²) in [5, 5.41) is 3.06. The molecule has 0 aromatic heterocycles. The average Bonchev–Trinajstić information content (AvgIpc) is 2.55. The highest BCUT2D eigenvalue weighted by molar-refractivity contribution is 5.90. The number of anilines is 1. The first-order valence-corrected chi connectivity index (χ1v) is 7.11. The monoisotopic (exact) mass is 313 g/mol. The van der Waals surface area contributed by atoms with Gasteiger partial charge in [-0.3, -0.25) is 0 Å². The minimum absolute atomic E-state index is 0.352. The Balaban J connectivity index is 2.21. The molecular formula is C19H14F3N. The SMILES string of the molecule is CNc1c(-c2ccc(F)cc2)cc(F)cc1-c1ccc(F)cc1. The molecular weight excluding hydrogens is 299 g/mol. The molecule has 0 unspecified atom stereocenters. The Morgan fingerprint density at radius 1 is 0.609 bits per heavy atom. The molecule has 1 N–H and O–H groups in total. The third-order valence-corrected chi connectivity index (χ3v) is 3.66. The molecule has 0 spiro atoms. The molecule has 0 atom stereocenters. The number of benzene rings is 3. The lowest BCUT2D eigenvalue weighted by Gasteiger charge is -2.16. The van der Waals surface area contributed by atoms with Crippen molar-refractivity contribution >= 4 is 5.69 Å². The minimum Gasteiger partial charge on any atom is -0.387 e. The largest absolute Gasteiger partial charge is 0.387 e. The smallest absolute Gasteiger partial charge is 0.124 e. The van der Waals surface area contributed by atoms with E-state index in [0.29, 0.717) is 27.9 Å². The van der Waals surface area contributed by atoms with Gasteiger partial charge in [-0.1, -0.05) is 24.3 Å². The molecule has 0 saturated carbocycles. The van der Waals surface area contributed by atoms with Crippen LogP contribution < -0.4 is 5.32 Å². The molecule has 0 bridgehead atoms. The Labute approximate surface area is 132 Å². The highest BCUT2D eigenvalue weighted by Crippen LogP contribution is 2.37. The Hall–Kier alpha value is -2.75. The summed E-state index contributed by atoms with van der Waals surface area (Å²) in [6.45, 7) is 0. The summed E-state index contributed by atoms with van der Waals surface area (Å²) >= 11 is 0. The lowest BCUT2D eigenvalue weighted by molar-refractivity contribution is 0.627. The Kier molecular flexibility index (Phi) is 4.06. The Bertz CT molecular complexity index is 758. The number of hydrogen-bond acceptors (Lipinski definition) is 1. The van der Waals surface area contributed by atoms with Gasteiger partial charge in [-0.05, 0) is 47.5 Å². The molecule has 3 aromatic carbocycles. The van der Waals surface area contributed by atoms with Crippen LogP contribution in [-0.2, 0) is 0 Å². The molecule has 4 heteroatoms. The lowest BCUT2D eigenvalue weighted by atomic mass is 9.95. The molecule has 3 rings (SSSR count). The quantitative estimate of drug-likeness (QED) is 0.675. The van der Waals surface area contributed by atoms with Gasteiger partial charge in [-0.15, -0.1) is 0 Å². The zero-order valence-electron chi connectivity index (χ0n) is 12.4. The normalized spacial score (nSPS) is 10.6. The van der Waals surface area contributed by atoms with E-state index >= 15 is 0 Å². The van der Waals surface area contributed by atoms with Crippen molar-refractivity contribution in [1.82, 2.24) is 0 Å². The van der Waals surface area contributed by atoms with Crippen LogP contribution in [0.1, 0.15) is 0 Å². The van der Waals surface area contributed by atoms with Gasteiger partial charge in [0.25, 0.3) is 0 Å². The highest BCUT2D eigenvalue weighted by atomic mass is 19.1. The number of hydrogen-bond donors (Lipinski definition) is 1. The maximum absolute atomic E-state index is 14.1. The molecule has 0 radical (unpaired) electrons. The molecule has 0 fully saturated rings. The van der Waals surface area contributed by atoms with Crippen LogP contribution in [0.25, 0.3) is 22.3 Å². The maximum atomic E-state index is 14.1. The molecule has 0 saturated heterocycles. The van der Waals surface area contributed by atoms with E-state index in [1.165, 1.54) is 36.4 Å². The molecule has 0 heterocycles. The minimum atomic E-state index is -0.414. The molecule has 0 aliphatic heterocycles. The molecule has 0 aliphatic carbocycles. The summed E-state index contributed by atoms with van der Waals surface area (Å²) in [6, 6.07) is 14.5. The maximum Gasteiger partial charge on any atom is 0.124 e. The second-order valence-electron chi connectivity index (χ2n) is 5.14. The van der Waals surface area contributed by atoms with Gasteiger partial charge in [-0.25, -0.2) is 13.2 Å². The van der Waals surface area contributed by atoms with Crippen molar-refractivity contribution in [3.05, 3.63) is 78.1 Å². The fourth-order valence-corrected chi connectivity index (χ4v) is 2.59. The molecule has 3 aromatic rings. The number of nitrogens with one attached hydrogen (secondary N) is 1. The number of halogens is 3. The van der Waals surface area contributed by atoms with Crippen LogP contribution >= 0.6 is 0 Å². The molecule has 23 heavy (non-hydrogen) atoms. The van der Waals surface area contributed by atoms with Gasteiger partial charge in [0.1, 0.15) is 17.5 Å². The summed E-state index contributed by atoms with van der Waals surface area (Å²) in [6.07, 6.45) is 0. The van der Waals surface area contributed by atoms with Crippen LogP contribution in [-0.4, -0.2) is 7.05 Å². The predicted octanol–water partition coefficient (Wildman–Crippen LogP) is 5.48. The van der Waals surface area contributed by atoms with Gasteiger partial charge in [0.15, 0.2) is 0 Å². The average molecular weight is 313 g/mol. The second kappa shape index (κ2) is 6.16. The topological polar surface area (TPSA) is 12.0 Å². The van der Waals surface area contributed by atoms with Crippen LogP contribution in [0.2, 0.25) is 0 Å². The van der Waals surface area contributed by atoms with E-state index in [1.54, 1.807) is 31.3 Å². The Morgan fingerprint density at radius 3 is 1.35 bits per heavy atom. The van der Waals surface area contributed by atoms with Crippen LogP contribution in [0.3, 0.4) is 0 Å². The van der Waals surface area contributed by atoms with Gasteiger partial charge in [0, 0.05) is 23.9 Å². The van der Waals surface area contributed by atoms with Gasteiger partial charge in [0.2, 0.25) is 0 Å². The van der Waals surface area contributed by atoms with Gasteiger partial charge in [0.05, 0.1) is 0 Å². The van der Waals surface area contributed by atoms with E-state index in [2.05, 4.69) is 5.32 Å². The van der Waals surface area contributed by atoms with Gasteiger partial charge in [-0.2, -0.15) is 0 Å². The standard InChI is InChI=1S/C19H14F3N/c1-23-19-17(12-2-6-14(20)7-3-12)10-16(22)11-18(19)13-4-8-15(21)9-5-13/h2-11,23H,1H3. The van der Waals surface area contributed by atoms with E-state index < -0.39 is 5.82 Å². The number of rotatable bonds is 3. The van der Waals surface area contributed by atoms with Gasteiger partial charge >= 0.3 is 0 Å². The van der Waals surface area contributed by atoms with E-state index in [1.807, 2.05) is 0 Å². The van der Waals surface area contributed by atoms with Crippen molar-refractivity contribution in [3.63, 3.8) is 0 Å². The van der Waals surface area contributed by atoms with Crippen molar-refractivity contribution in [2.75, 3.05) is 12.4 Å². The van der Waals surface area contributed by atoms with Crippen LogP contribution in [0.15, 0.2) is 60.7 Å². The zero-order chi connectivity index (χ0) is 16.4. The Morgan fingerprint density at radius 2 is 1.00 bits per heavy atom. The predicted molar refractivity (Wildman–Crippen MR) is 86.7 cm³/mol. The summed E-state index contributed by atoms with van der Waals surface area (Å²) in [4.78, 5) is 0.